The van der Waals surface area contributed by atoms with Gasteiger partial charge in [-0.1, -0.05) is 0 Å². The second-order valence-corrected chi connectivity index (χ2v) is 7.35. The number of rotatable bonds is 8. The van der Waals surface area contributed by atoms with Crippen LogP contribution in [0.4, 0.5) is 5.82 Å². The highest BCUT2D eigenvalue weighted by atomic mass is 16.6. The highest BCUT2D eigenvalue weighted by Gasteiger charge is 2.49. The first-order chi connectivity index (χ1) is 13.6. The van der Waals surface area contributed by atoms with Gasteiger partial charge in [-0.25, -0.2) is 4.79 Å². The molecule has 29 heavy (non-hydrogen) atoms. The molecule has 0 spiro atoms. The SMILES string of the molecule is CC(=O)Nc1ccn([C@@H]2O[C@H](COC(C)C)C(OC(C)C)[C@@H]2OC(C)=O)c(=O)n1. The fraction of sp³-hybridized carbons (Fsp3) is 0.684. The van der Waals surface area contributed by atoms with Crippen molar-refractivity contribution in [1.29, 1.82) is 0 Å². The number of ether oxygens (including phenoxy) is 4. The van der Waals surface area contributed by atoms with Crippen molar-refractivity contribution in [1.82, 2.24) is 9.55 Å². The molecule has 1 saturated heterocycles. The minimum Gasteiger partial charge on any atom is -0.455 e. The summed E-state index contributed by atoms with van der Waals surface area (Å²) in [4.78, 5) is 39.3. The number of carbonyl (C=O) groups is 2. The molecule has 1 aliphatic heterocycles. The van der Waals surface area contributed by atoms with Crippen LogP contribution in [0.1, 0.15) is 47.8 Å². The lowest BCUT2D eigenvalue weighted by atomic mass is 10.1. The smallest absolute Gasteiger partial charge is 0.351 e. The number of hydrogen-bond donors (Lipinski definition) is 1. The third-order valence-corrected chi connectivity index (χ3v) is 4.02. The van der Waals surface area contributed by atoms with E-state index in [0.717, 1.165) is 0 Å². The zero-order valence-electron chi connectivity index (χ0n) is 17.6. The first-order valence-electron chi connectivity index (χ1n) is 9.55. The predicted molar refractivity (Wildman–Crippen MR) is 103 cm³/mol. The molecule has 10 heteroatoms. The van der Waals surface area contributed by atoms with Crippen molar-refractivity contribution in [3.63, 3.8) is 0 Å². The van der Waals surface area contributed by atoms with Crippen molar-refractivity contribution in [2.75, 3.05) is 11.9 Å². The number of anilines is 1. The molecule has 0 saturated carbocycles. The zero-order chi connectivity index (χ0) is 21.7. The molecular formula is C19H29N3O7. The number of carbonyl (C=O) groups excluding carboxylic acids is 2. The number of esters is 1. The molecule has 1 aromatic rings. The fourth-order valence-electron chi connectivity index (χ4n) is 3.01. The lowest BCUT2D eigenvalue weighted by Crippen LogP contribution is -2.42. The lowest BCUT2D eigenvalue weighted by Gasteiger charge is -2.26. The molecule has 162 valence electrons. The highest BCUT2D eigenvalue weighted by Crippen LogP contribution is 2.34. The topological polar surface area (TPSA) is 118 Å². The predicted octanol–water partition coefficient (Wildman–Crippen LogP) is 1.25. The monoisotopic (exact) mass is 411 g/mol. The van der Waals surface area contributed by atoms with Crippen LogP contribution in [-0.2, 0) is 28.5 Å². The normalized spacial score (nSPS) is 24.1. The minimum atomic E-state index is -0.949. The van der Waals surface area contributed by atoms with E-state index in [2.05, 4.69) is 10.3 Å². The third-order valence-electron chi connectivity index (χ3n) is 4.02. The van der Waals surface area contributed by atoms with Gasteiger partial charge >= 0.3 is 11.7 Å². The number of hydrogen-bond acceptors (Lipinski definition) is 8. The number of amides is 1. The van der Waals surface area contributed by atoms with Crippen molar-refractivity contribution in [2.24, 2.45) is 0 Å². The Kier molecular flexibility index (Phi) is 7.88. The first-order valence-corrected chi connectivity index (χ1v) is 9.55. The molecule has 0 aliphatic carbocycles. The maximum absolute atomic E-state index is 12.5. The quantitative estimate of drug-likeness (QED) is 0.635. The van der Waals surface area contributed by atoms with Crippen LogP contribution in [0.2, 0.25) is 0 Å². The summed E-state index contributed by atoms with van der Waals surface area (Å²) in [6.07, 6.45) is -1.79. The van der Waals surface area contributed by atoms with Gasteiger partial charge in [0.2, 0.25) is 5.91 Å². The molecule has 1 N–H and O–H groups in total. The van der Waals surface area contributed by atoms with Crippen molar-refractivity contribution < 1.29 is 28.5 Å². The van der Waals surface area contributed by atoms with Gasteiger partial charge in [0, 0.05) is 20.0 Å². The molecule has 2 rings (SSSR count). The standard InChI is InChI=1S/C19H29N3O7/c1-10(2)26-9-14-16(27-11(3)4)17(28-13(6)24)18(29-14)22-8-7-15(20-12(5)23)21-19(22)25/h7-8,10-11,14,16-18H,9H2,1-6H3,(H,20,21,23,25)/t14-,16?,17+,18-/m1/s1. The average molecular weight is 411 g/mol. The Labute approximate surface area is 169 Å². The van der Waals surface area contributed by atoms with Crippen LogP contribution < -0.4 is 11.0 Å². The van der Waals surface area contributed by atoms with E-state index < -0.39 is 36.2 Å². The Morgan fingerprint density at radius 3 is 2.41 bits per heavy atom. The summed E-state index contributed by atoms with van der Waals surface area (Å²) in [6, 6.07) is 1.47. The summed E-state index contributed by atoms with van der Waals surface area (Å²) in [6.45, 7) is 10.3. The average Bonchev–Trinajstić information content (AvgIpc) is 2.89. The molecule has 4 atom stereocenters. The Bertz CT molecular complexity index is 777. The second kappa shape index (κ2) is 9.95. The van der Waals surface area contributed by atoms with Crippen LogP contribution >= 0.6 is 0 Å². The van der Waals surface area contributed by atoms with Gasteiger partial charge in [0.25, 0.3) is 0 Å². The molecular weight excluding hydrogens is 382 g/mol. The molecule has 1 amide bonds. The minimum absolute atomic E-state index is 0.0362. The number of nitrogens with one attached hydrogen (secondary N) is 1. The Balaban J connectivity index is 2.37. The summed E-state index contributed by atoms with van der Waals surface area (Å²) >= 11 is 0. The molecule has 0 bridgehead atoms. The first kappa shape index (κ1) is 23.0. The summed E-state index contributed by atoms with van der Waals surface area (Å²) < 4.78 is 24.4. The van der Waals surface area contributed by atoms with Gasteiger partial charge in [0.15, 0.2) is 12.3 Å². The van der Waals surface area contributed by atoms with Gasteiger partial charge < -0.3 is 24.3 Å². The van der Waals surface area contributed by atoms with Gasteiger partial charge in [-0.05, 0) is 33.8 Å². The van der Waals surface area contributed by atoms with E-state index in [4.69, 9.17) is 18.9 Å². The van der Waals surface area contributed by atoms with Gasteiger partial charge in [0.05, 0.1) is 18.8 Å². The van der Waals surface area contributed by atoms with E-state index in [9.17, 15) is 14.4 Å². The van der Waals surface area contributed by atoms with Gasteiger partial charge in [-0.3, -0.25) is 14.2 Å². The number of aromatic nitrogens is 2. The Hall–Kier alpha value is -2.30. The van der Waals surface area contributed by atoms with Crippen molar-refractivity contribution in [3.8, 4) is 0 Å². The van der Waals surface area contributed by atoms with E-state index in [0.29, 0.717) is 0 Å². The summed E-state index contributed by atoms with van der Waals surface area (Å²) in [7, 11) is 0. The molecule has 10 nitrogen and oxygen atoms in total. The maximum Gasteiger partial charge on any atom is 0.351 e. The van der Waals surface area contributed by atoms with Gasteiger partial charge in [0.1, 0.15) is 18.0 Å². The molecule has 2 heterocycles. The van der Waals surface area contributed by atoms with Crippen molar-refractivity contribution >= 4 is 17.7 Å². The number of nitrogens with zero attached hydrogens (tertiary/aromatic N) is 2. The highest BCUT2D eigenvalue weighted by molar-refractivity contribution is 5.87. The largest absolute Gasteiger partial charge is 0.455 e. The molecule has 0 aromatic carbocycles. The van der Waals surface area contributed by atoms with Crippen LogP contribution in [0, 0.1) is 0 Å². The second-order valence-electron chi connectivity index (χ2n) is 7.35. The Morgan fingerprint density at radius 1 is 1.21 bits per heavy atom. The van der Waals surface area contributed by atoms with Crippen LogP contribution in [0.5, 0.6) is 0 Å². The van der Waals surface area contributed by atoms with Gasteiger partial charge in [-0.15, -0.1) is 0 Å². The molecule has 1 aromatic heterocycles. The van der Waals surface area contributed by atoms with E-state index in [1.807, 2.05) is 27.7 Å². The van der Waals surface area contributed by atoms with Crippen LogP contribution in [0.15, 0.2) is 17.1 Å². The Morgan fingerprint density at radius 2 is 1.90 bits per heavy atom. The third kappa shape index (κ3) is 6.34. The molecule has 1 aliphatic rings. The van der Waals surface area contributed by atoms with Crippen molar-refractivity contribution in [2.45, 2.75) is 78.3 Å². The van der Waals surface area contributed by atoms with Crippen LogP contribution in [0.25, 0.3) is 0 Å². The summed E-state index contributed by atoms with van der Waals surface area (Å²) in [5.74, 6) is -0.751. The van der Waals surface area contributed by atoms with E-state index in [1.54, 1.807) is 0 Å². The van der Waals surface area contributed by atoms with E-state index in [-0.39, 0.29) is 30.5 Å². The van der Waals surface area contributed by atoms with E-state index >= 15 is 0 Å². The summed E-state index contributed by atoms with van der Waals surface area (Å²) in [5.41, 5.74) is -0.660. The van der Waals surface area contributed by atoms with Gasteiger partial charge in [-0.2, -0.15) is 4.98 Å². The fourth-order valence-corrected chi connectivity index (χ4v) is 3.01. The zero-order valence-corrected chi connectivity index (χ0v) is 17.6. The summed E-state index contributed by atoms with van der Waals surface area (Å²) in [5, 5.41) is 2.45. The van der Waals surface area contributed by atoms with Crippen LogP contribution in [-0.4, -0.2) is 58.6 Å². The van der Waals surface area contributed by atoms with E-state index in [1.165, 1.54) is 30.7 Å². The lowest BCUT2D eigenvalue weighted by molar-refractivity contribution is -0.159. The molecule has 1 unspecified atom stereocenters. The molecule has 0 radical (unpaired) electrons. The van der Waals surface area contributed by atoms with Crippen LogP contribution in [0.3, 0.4) is 0 Å². The van der Waals surface area contributed by atoms with Crippen molar-refractivity contribution in [3.05, 3.63) is 22.7 Å². The maximum atomic E-state index is 12.5. The molecule has 1 fully saturated rings.